The molecule has 8 nitrogen and oxygen atoms in total. The van der Waals surface area contributed by atoms with Crippen LogP contribution < -0.4 is 10.6 Å². The Hall–Kier alpha value is -3.39. The van der Waals surface area contributed by atoms with Gasteiger partial charge in [0.15, 0.2) is 0 Å². The number of hydrogen-bond acceptors (Lipinski definition) is 4. The molecule has 2 heterocycles. The zero-order valence-electron chi connectivity index (χ0n) is 19.4. The van der Waals surface area contributed by atoms with Crippen LogP contribution in [0.25, 0.3) is 11.0 Å². The number of amidine groups is 1. The second-order valence-corrected chi connectivity index (χ2v) is 8.65. The molecular formula is C25H29ClN6O2. The van der Waals surface area contributed by atoms with Gasteiger partial charge in [0, 0.05) is 26.7 Å². The summed E-state index contributed by atoms with van der Waals surface area (Å²) in [6.45, 7) is 3.62. The number of alkyl halides is 1. The highest BCUT2D eigenvalue weighted by atomic mass is 35.5. The number of nitrogens with one attached hydrogen (secondary N) is 3. The van der Waals surface area contributed by atoms with E-state index in [1.165, 1.54) is 0 Å². The lowest BCUT2D eigenvalue weighted by Gasteiger charge is -2.20. The van der Waals surface area contributed by atoms with Gasteiger partial charge in [-0.3, -0.25) is 15.0 Å². The maximum absolute atomic E-state index is 13.5. The first-order valence-electron chi connectivity index (χ1n) is 11.4. The van der Waals surface area contributed by atoms with E-state index in [-0.39, 0.29) is 29.6 Å². The molecule has 0 aliphatic carbocycles. The maximum atomic E-state index is 13.5. The van der Waals surface area contributed by atoms with Crippen molar-refractivity contribution in [1.82, 2.24) is 25.1 Å². The molecule has 1 aromatic heterocycles. The second-order valence-electron chi connectivity index (χ2n) is 8.38. The SMILES string of the molecule is CCN1Cc2cccc(C(=O)N[C@@H](CCCNC(=N)CCl)c3nc4ccccc4n3C)c2C1=O. The fraction of sp³-hybridized carbons (Fsp3) is 0.360. The van der Waals surface area contributed by atoms with Crippen LogP contribution in [0.1, 0.15) is 57.9 Å². The fourth-order valence-electron chi connectivity index (χ4n) is 4.43. The molecule has 1 aliphatic rings. The smallest absolute Gasteiger partial charge is 0.255 e. The lowest BCUT2D eigenvalue weighted by Crippen LogP contribution is -2.33. The fourth-order valence-corrected chi connectivity index (χ4v) is 4.53. The van der Waals surface area contributed by atoms with Crippen LogP contribution in [-0.4, -0.2) is 51.1 Å². The van der Waals surface area contributed by atoms with Gasteiger partial charge in [0.05, 0.1) is 34.1 Å². The van der Waals surface area contributed by atoms with Crippen molar-refractivity contribution in [3.8, 4) is 0 Å². The van der Waals surface area contributed by atoms with Gasteiger partial charge in [0.25, 0.3) is 11.8 Å². The lowest BCUT2D eigenvalue weighted by atomic mass is 10.0. The Morgan fingerprint density at radius 3 is 2.76 bits per heavy atom. The molecule has 0 unspecified atom stereocenters. The number of aryl methyl sites for hydroxylation is 1. The van der Waals surface area contributed by atoms with Gasteiger partial charge in [0.1, 0.15) is 11.7 Å². The average molecular weight is 481 g/mol. The number of nitrogens with zero attached hydrogens (tertiary/aromatic N) is 3. The molecule has 0 bridgehead atoms. The highest BCUT2D eigenvalue weighted by molar-refractivity contribution is 6.27. The van der Waals surface area contributed by atoms with Gasteiger partial charge in [-0.05, 0) is 43.5 Å². The number of hydrogen-bond donors (Lipinski definition) is 3. The minimum Gasteiger partial charge on any atom is -0.373 e. The third-order valence-electron chi connectivity index (χ3n) is 6.22. The Bertz CT molecular complexity index is 1240. The molecule has 4 rings (SSSR count). The molecule has 2 amide bonds. The molecular weight excluding hydrogens is 452 g/mol. The molecule has 0 saturated carbocycles. The number of halogens is 1. The molecule has 2 aromatic carbocycles. The van der Waals surface area contributed by atoms with Crippen molar-refractivity contribution in [1.29, 1.82) is 5.41 Å². The Labute approximate surface area is 203 Å². The van der Waals surface area contributed by atoms with E-state index in [0.29, 0.717) is 43.6 Å². The first-order valence-corrected chi connectivity index (χ1v) is 12.0. The number of carbonyl (C=O) groups excluding carboxylic acids is 2. The number of amides is 2. The van der Waals surface area contributed by atoms with E-state index in [1.54, 1.807) is 11.0 Å². The molecule has 178 valence electrons. The summed E-state index contributed by atoms with van der Waals surface area (Å²) >= 11 is 5.68. The predicted octanol–water partition coefficient (Wildman–Crippen LogP) is 3.61. The summed E-state index contributed by atoms with van der Waals surface area (Å²) < 4.78 is 1.99. The summed E-state index contributed by atoms with van der Waals surface area (Å²) in [5, 5.41) is 13.8. The van der Waals surface area contributed by atoms with E-state index in [0.717, 1.165) is 22.4 Å². The molecule has 3 N–H and O–H groups in total. The standard InChI is InChI=1S/C25H29ClN6O2/c1-3-32-15-16-8-6-9-17(22(16)25(32)34)24(33)30-19(11-7-13-28-21(27)14-26)23-29-18-10-4-5-12-20(18)31(23)2/h4-6,8-10,12,19H,3,7,11,13-15H2,1-2H3,(H2,27,28)(H,30,33)/t19-/m0/s1. The van der Waals surface area contributed by atoms with Crippen LogP contribution in [0, 0.1) is 5.41 Å². The Kier molecular flexibility index (Phi) is 7.17. The second kappa shape index (κ2) is 10.3. The Morgan fingerprint density at radius 1 is 1.24 bits per heavy atom. The average Bonchev–Trinajstić information content (AvgIpc) is 3.37. The highest BCUT2D eigenvalue weighted by Crippen LogP contribution is 2.28. The minimum atomic E-state index is -0.369. The van der Waals surface area contributed by atoms with Gasteiger partial charge in [0.2, 0.25) is 0 Å². The van der Waals surface area contributed by atoms with Crippen LogP contribution in [0.15, 0.2) is 42.5 Å². The summed E-state index contributed by atoms with van der Waals surface area (Å²) in [6.07, 6.45) is 1.30. The van der Waals surface area contributed by atoms with Crippen LogP contribution in [0.2, 0.25) is 0 Å². The zero-order valence-corrected chi connectivity index (χ0v) is 20.2. The number of fused-ring (bicyclic) bond motifs is 2. The topological polar surface area (TPSA) is 103 Å². The van der Waals surface area contributed by atoms with Crippen LogP contribution >= 0.6 is 11.6 Å². The summed E-state index contributed by atoms with van der Waals surface area (Å²) in [4.78, 5) is 32.9. The van der Waals surface area contributed by atoms with Gasteiger partial charge >= 0.3 is 0 Å². The van der Waals surface area contributed by atoms with Crippen LogP contribution in [-0.2, 0) is 13.6 Å². The van der Waals surface area contributed by atoms with Crippen LogP contribution in [0.4, 0.5) is 0 Å². The van der Waals surface area contributed by atoms with Crippen molar-refractivity contribution in [2.24, 2.45) is 7.05 Å². The lowest BCUT2D eigenvalue weighted by molar-refractivity contribution is 0.0780. The highest BCUT2D eigenvalue weighted by Gasteiger charge is 2.32. The van der Waals surface area contributed by atoms with Gasteiger partial charge < -0.3 is 20.1 Å². The van der Waals surface area contributed by atoms with Crippen molar-refractivity contribution >= 4 is 40.3 Å². The molecule has 3 aromatic rings. The number of benzene rings is 2. The predicted molar refractivity (Wildman–Crippen MR) is 133 cm³/mol. The molecule has 34 heavy (non-hydrogen) atoms. The van der Waals surface area contributed by atoms with Crippen molar-refractivity contribution in [3.63, 3.8) is 0 Å². The van der Waals surface area contributed by atoms with Gasteiger partial charge in [-0.15, -0.1) is 11.6 Å². The minimum absolute atomic E-state index is 0.105. The van der Waals surface area contributed by atoms with E-state index < -0.39 is 0 Å². The molecule has 1 aliphatic heterocycles. The van der Waals surface area contributed by atoms with E-state index in [9.17, 15) is 9.59 Å². The van der Waals surface area contributed by atoms with Crippen LogP contribution in [0.3, 0.4) is 0 Å². The van der Waals surface area contributed by atoms with E-state index >= 15 is 0 Å². The zero-order chi connectivity index (χ0) is 24.2. The summed E-state index contributed by atoms with van der Waals surface area (Å²) in [7, 11) is 1.94. The van der Waals surface area contributed by atoms with Crippen molar-refractivity contribution in [2.45, 2.75) is 32.4 Å². The van der Waals surface area contributed by atoms with Crippen molar-refractivity contribution in [2.75, 3.05) is 19.0 Å². The van der Waals surface area contributed by atoms with Crippen molar-refractivity contribution in [3.05, 3.63) is 65.0 Å². The van der Waals surface area contributed by atoms with Gasteiger partial charge in [-0.1, -0.05) is 24.3 Å². The normalized spacial score (nSPS) is 13.7. The largest absolute Gasteiger partial charge is 0.373 e. The number of imidazole rings is 1. The third-order valence-corrected chi connectivity index (χ3v) is 6.49. The first kappa shape index (κ1) is 23.8. The Balaban J connectivity index is 1.61. The molecule has 0 fully saturated rings. The first-order chi connectivity index (χ1) is 16.4. The summed E-state index contributed by atoms with van der Waals surface area (Å²) in [5.74, 6) is 0.750. The number of carbonyl (C=O) groups is 2. The van der Waals surface area contributed by atoms with E-state index in [1.807, 2.05) is 54.9 Å². The molecule has 0 saturated heterocycles. The molecule has 0 spiro atoms. The van der Waals surface area contributed by atoms with E-state index in [2.05, 4.69) is 10.6 Å². The monoisotopic (exact) mass is 480 g/mol. The Morgan fingerprint density at radius 2 is 2.03 bits per heavy atom. The summed E-state index contributed by atoms with van der Waals surface area (Å²) in [5.41, 5.74) is 3.60. The molecule has 1 atom stereocenters. The number of rotatable bonds is 9. The molecule has 0 radical (unpaired) electrons. The van der Waals surface area contributed by atoms with E-state index in [4.69, 9.17) is 22.0 Å². The van der Waals surface area contributed by atoms with Crippen LogP contribution in [0.5, 0.6) is 0 Å². The number of para-hydroxylation sites is 2. The molecule has 9 heteroatoms. The third kappa shape index (κ3) is 4.63. The van der Waals surface area contributed by atoms with Gasteiger partial charge in [-0.2, -0.15) is 0 Å². The van der Waals surface area contributed by atoms with Gasteiger partial charge in [-0.25, -0.2) is 4.98 Å². The quantitative estimate of drug-likeness (QED) is 0.188. The maximum Gasteiger partial charge on any atom is 0.255 e. The van der Waals surface area contributed by atoms with Crippen molar-refractivity contribution < 1.29 is 9.59 Å². The number of aromatic nitrogens is 2. The summed E-state index contributed by atoms with van der Waals surface area (Å²) in [6, 6.07) is 12.9.